The molecule has 1 aromatic carbocycles. The van der Waals surface area contributed by atoms with E-state index in [-0.39, 0.29) is 5.57 Å². The maximum atomic E-state index is 9.70. The summed E-state index contributed by atoms with van der Waals surface area (Å²) in [5.74, 6) is 0.552. The van der Waals surface area contributed by atoms with Crippen LogP contribution in [-0.2, 0) is 0 Å². The molecule has 0 fully saturated rings. The van der Waals surface area contributed by atoms with Crippen molar-refractivity contribution < 1.29 is 9.84 Å². The first kappa shape index (κ1) is 10.3. The molecule has 0 spiro atoms. The maximum absolute atomic E-state index is 9.70. The second-order valence-corrected chi connectivity index (χ2v) is 2.78. The number of methoxy groups -OCH3 is 1. The molecule has 0 aliphatic rings. The molecule has 14 heavy (non-hydrogen) atoms. The van der Waals surface area contributed by atoms with Crippen molar-refractivity contribution >= 4 is 0 Å². The van der Waals surface area contributed by atoms with E-state index in [1.54, 1.807) is 24.3 Å². The fraction of sp³-hybridized carbons (Fsp3) is 0.182. The highest BCUT2D eigenvalue weighted by Crippen LogP contribution is 2.28. The molecule has 3 heteroatoms. The van der Waals surface area contributed by atoms with Gasteiger partial charge in [-0.2, -0.15) is 5.26 Å². The summed E-state index contributed by atoms with van der Waals surface area (Å²) in [6.07, 6.45) is -0.990. The Morgan fingerprint density at radius 2 is 2.21 bits per heavy atom. The molecule has 1 aromatic rings. The highest BCUT2D eigenvalue weighted by molar-refractivity contribution is 5.41. The Kier molecular flexibility index (Phi) is 3.27. The van der Waals surface area contributed by atoms with Crippen molar-refractivity contribution in [3.05, 3.63) is 42.0 Å². The van der Waals surface area contributed by atoms with E-state index in [0.29, 0.717) is 11.3 Å². The van der Waals surface area contributed by atoms with Gasteiger partial charge in [0.2, 0.25) is 0 Å². The SMILES string of the molecule is C=C(C#N)[C@@H](O)c1ccccc1OC. The number of hydrogen-bond acceptors (Lipinski definition) is 3. The number of para-hydroxylation sites is 1. The van der Waals surface area contributed by atoms with Gasteiger partial charge in [0.25, 0.3) is 0 Å². The van der Waals surface area contributed by atoms with Crippen molar-refractivity contribution in [1.82, 2.24) is 0 Å². The Labute approximate surface area is 82.9 Å². The number of rotatable bonds is 3. The molecule has 0 saturated carbocycles. The zero-order valence-corrected chi connectivity index (χ0v) is 7.90. The van der Waals surface area contributed by atoms with Crippen LogP contribution in [0.1, 0.15) is 11.7 Å². The third-order valence-electron chi connectivity index (χ3n) is 1.91. The average molecular weight is 189 g/mol. The largest absolute Gasteiger partial charge is 0.496 e. The van der Waals surface area contributed by atoms with E-state index < -0.39 is 6.10 Å². The van der Waals surface area contributed by atoms with Crippen LogP contribution in [0.5, 0.6) is 5.75 Å². The third-order valence-corrected chi connectivity index (χ3v) is 1.91. The van der Waals surface area contributed by atoms with E-state index in [2.05, 4.69) is 6.58 Å². The molecular weight excluding hydrogens is 178 g/mol. The van der Waals surface area contributed by atoms with Gasteiger partial charge in [0.1, 0.15) is 11.9 Å². The van der Waals surface area contributed by atoms with Gasteiger partial charge in [0.15, 0.2) is 0 Å². The number of ether oxygens (including phenoxy) is 1. The fourth-order valence-corrected chi connectivity index (χ4v) is 1.14. The molecule has 0 unspecified atom stereocenters. The lowest BCUT2D eigenvalue weighted by Gasteiger charge is -2.12. The van der Waals surface area contributed by atoms with Crippen LogP contribution >= 0.6 is 0 Å². The van der Waals surface area contributed by atoms with Crippen LogP contribution in [0.15, 0.2) is 36.4 Å². The standard InChI is InChI=1S/C11H11NO2/c1-8(7-12)11(13)9-5-3-4-6-10(9)14-2/h3-6,11,13H,1H2,2H3/t11-/m1/s1. The summed E-state index contributed by atoms with van der Waals surface area (Å²) in [6, 6.07) is 8.81. The van der Waals surface area contributed by atoms with Crippen LogP contribution in [0.25, 0.3) is 0 Å². The van der Waals surface area contributed by atoms with E-state index in [9.17, 15) is 5.11 Å². The molecule has 1 rings (SSSR count). The van der Waals surface area contributed by atoms with Crippen LogP contribution in [0.2, 0.25) is 0 Å². The predicted molar refractivity (Wildman–Crippen MR) is 52.7 cm³/mol. The molecule has 0 radical (unpaired) electrons. The summed E-state index contributed by atoms with van der Waals surface area (Å²) >= 11 is 0. The van der Waals surface area contributed by atoms with Gasteiger partial charge < -0.3 is 9.84 Å². The smallest absolute Gasteiger partial charge is 0.125 e. The average Bonchev–Trinajstić information content (AvgIpc) is 2.26. The summed E-state index contributed by atoms with van der Waals surface area (Å²) in [7, 11) is 1.51. The van der Waals surface area contributed by atoms with Crippen molar-refractivity contribution in [2.75, 3.05) is 7.11 Å². The summed E-state index contributed by atoms with van der Waals surface area (Å²) in [4.78, 5) is 0. The Balaban J connectivity index is 3.07. The van der Waals surface area contributed by atoms with E-state index in [1.165, 1.54) is 7.11 Å². The topological polar surface area (TPSA) is 53.2 Å². The van der Waals surface area contributed by atoms with Gasteiger partial charge in [0, 0.05) is 5.56 Å². The van der Waals surface area contributed by atoms with Crippen LogP contribution in [0.4, 0.5) is 0 Å². The van der Waals surface area contributed by atoms with Gasteiger partial charge in [-0.1, -0.05) is 24.8 Å². The number of nitriles is 1. The number of aliphatic hydroxyl groups excluding tert-OH is 1. The lowest BCUT2D eigenvalue weighted by Crippen LogP contribution is -2.01. The second-order valence-electron chi connectivity index (χ2n) is 2.78. The third kappa shape index (κ3) is 1.93. The van der Waals surface area contributed by atoms with Gasteiger partial charge in [-0.15, -0.1) is 0 Å². The van der Waals surface area contributed by atoms with E-state index in [1.807, 2.05) is 6.07 Å². The van der Waals surface area contributed by atoms with Crippen molar-refractivity contribution in [3.8, 4) is 11.8 Å². The first-order chi connectivity index (χ1) is 6.70. The van der Waals surface area contributed by atoms with E-state index >= 15 is 0 Å². The maximum Gasteiger partial charge on any atom is 0.125 e. The highest BCUT2D eigenvalue weighted by Gasteiger charge is 2.15. The molecular formula is C11H11NO2. The first-order valence-corrected chi connectivity index (χ1v) is 4.10. The van der Waals surface area contributed by atoms with Crippen LogP contribution in [0, 0.1) is 11.3 Å². The predicted octanol–water partition coefficient (Wildman–Crippen LogP) is 1.81. The minimum Gasteiger partial charge on any atom is -0.496 e. The molecule has 1 atom stereocenters. The molecule has 0 aliphatic heterocycles. The molecule has 0 amide bonds. The number of aliphatic hydroxyl groups is 1. The van der Waals surface area contributed by atoms with Crippen molar-refractivity contribution in [2.24, 2.45) is 0 Å². The lowest BCUT2D eigenvalue weighted by atomic mass is 10.0. The quantitative estimate of drug-likeness (QED) is 0.738. The minimum atomic E-state index is -0.990. The first-order valence-electron chi connectivity index (χ1n) is 4.10. The van der Waals surface area contributed by atoms with E-state index in [0.717, 1.165) is 0 Å². The second kappa shape index (κ2) is 4.45. The number of benzene rings is 1. The molecule has 0 saturated heterocycles. The normalized spacial score (nSPS) is 11.5. The number of nitrogens with zero attached hydrogens (tertiary/aromatic N) is 1. The Bertz CT molecular complexity index is 379. The van der Waals surface area contributed by atoms with E-state index in [4.69, 9.17) is 10.00 Å². The number of hydrogen-bond donors (Lipinski definition) is 1. The van der Waals surface area contributed by atoms with Crippen LogP contribution in [-0.4, -0.2) is 12.2 Å². The minimum absolute atomic E-state index is 0.106. The molecule has 1 N–H and O–H groups in total. The zero-order valence-electron chi connectivity index (χ0n) is 7.90. The van der Waals surface area contributed by atoms with Gasteiger partial charge in [-0.25, -0.2) is 0 Å². The van der Waals surface area contributed by atoms with Gasteiger partial charge in [-0.3, -0.25) is 0 Å². The monoisotopic (exact) mass is 189 g/mol. The van der Waals surface area contributed by atoms with Crippen molar-refractivity contribution in [2.45, 2.75) is 6.10 Å². The van der Waals surface area contributed by atoms with Gasteiger partial charge >= 0.3 is 0 Å². The molecule has 0 aromatic heterocycles. The van der Waals surface area contributed by atoms with Gasteiger partial charge in [0.05, 0.1) is 18.8 Å². The molecule has 3 nitrogen and oxygen atoms in total. The fourth-order valence-electron chi connectivity index (χ4n) is 1.14. The Morgan fingerprint density at radius 3 is 2.79 bits per heavy atom. The zero-order chi connectivity index (χ0) is 10.6. The summed E-state index contributed by atoms with van der Waals surface area (Å²) < 4.78 is 5.05. The molecule has 0 heterocycles. The van der Waals surface area contributed by atoms with Crippen LogP contribution < -0.4 is 4.74 Å². The summed E-state index contributed by atoms with van der Waals surface area (Å²) in [5, 5.41) is 18.3. The van der Waals surface area contributed by atoms with Crippen molar-refractivity contribution in [3.63, 3.8) is 0 Å². The summed E-state index contributed by atoms with van der Waals surface area (Å²) in [5.41, 5.74) is 0.663. The van der Waals surface area contributed by atoms with Crippen molar-refractivity contribution in [1.29, 1.82) is 5.26 Å². The van der Waals surface area contributed by atoms with Crippen LogP contribution in [0.3, 0.4) is 0 Å². The Hall–Kier alpha value is -1.79. The van der Waals surface area contributed by atoms with Gasteiger partial charge in [-0.05, 0) is 6.07 Å². The Morgan fingerprint density at radius 1 is 1.57 bits per heavy atom. The molecule has 72 valence electrons. The summed E-state index contributed by atoms with van der Waals surface area (Å²) in [6.45, 7) is 3.46. The highest BCUT2D eigenvalue weighted by atomic mass is 16.5. The lowest BCUT2D eigenvalue weighted by molar-refractivity contribution is 0.215. The molecule has 0 bridgehead atoms. The molecule has 0 aliphatic carbocycles.